The molecular weight excluding hydrogens is 120 g/mol. The highest BCUT2D eigenvalue weighted by Gasteiger charge is 1.94. The quantitative estimate of drug-likeness (QED) is 0.554. The van der Waals surface area contributed by atoms with Crippen LogP contribution in [0.1, 0.15) is 26.7 Å². The van der Waals surface area contributed by atoms with E-state index in [1.807, 2.05) is 6.08 Å². The third-order valence-corrected chi connectivity index (χ3v) is 1.54. The second kappa shape index (κ2) is 5.17. The van der Waals surface area contributed by atoms with Crippen LogP contribution in [0.2, 0.25) is 0 Å². The Morgan fingerprint density at radius 1 is 1.38 bits per heavy atom. The average molecular weight is 133 g/mol. The molecule has 0 aliphatic carbocycles. The van der Waals surface area contributed by atoms with Crippen LogP contribution in [0, 0.1) is 5.92 Å². The van der Waals surface area contributed by atoms with Gasteiger partial charge in [-0.25, -0.2) is 0 Å². The molecule has 0 saturated heterocycles. The van der Waals surface area contributed by atoms with Gasteiger partial charge < -0.3 is 0 Å². The summed E-state index contributed by atoms with van der Waals surface area (Å²) in [5.74, 6) is 0.687. The van der Waals surface area contributed by atoms with Crippen LogP contribution in [-0.2, 0) is 0 Å². The van der Waals surface area contributed by atoms with Crippen molar-refractivity contribution in [3.05, 3.63) is 11.6 Å². The molecule has 0 aliphatic rings. The SMILES string of the molecule is CCC(/C=C/Cl)CC. The second-order valence-corrected chi connectivity index (χ2v) is 2.15. The van der Waals surface area contributed by atoms with Crippen LogP contribution in [0.5, 0.6) is 0 Å². The summed E-state index contributed by atoms with van der Waals surface area (Å²) in [6, 6.07) is 0. The van der Waals surface area contributed by atoms with Gasteiger partial charge in [0.1, 0.15) is 0 Å². The Morgan fingerprint density at radius 3 is 2.00 bits per heavy atom. The van der Waals surface area contributed by atoms with E-state index in [4.69, 9.17) is 11.6 Å². The Morgan fingerprint density at radius 2 is 1.88 bits per heavy atom. The first kappa shape index (κ1) is 8.03. The molecule has 0 aliphatic heterocycles. The standard InChI is InChI=1S/C7H13Cl/c1-3-7(4-2)5-6-8/h5-7H,3-4H2,1-2H3/b6-5+. The maximum Gasteiger partial charge on any atom is 0.000524 e. The van der Waals surface area contributed by atoms with Crippen molar-refractivity contribution in [2.24, 2.45) is 5.92 Å². The molecule has 0 bridgehead atoms. The van der Waals surface area contributed by atoms with Crippen molar-refractivity contribution in [3.63, 3.8) is 0 Å². The number of hydrogen-bond acceptors (Lipinski definition) is 0. The van der Waals surface area contributed by atoms with E-state index in [1.165, 1.54) is 12.8 Å². The van der Waals surface area contributed by atoms with E-state index in [-0.39, 0.29) is 0 Å². The predicted molar refractivity (Wildman–Crippen MR) is 39.1 cm³/mol. The molecule has 48 valence electrons. The van der Waals surface area contributed by atoms with Crippen molar-refractivity contribution in [3.8, 4) is 0 Å². The molecule has 0 rings (SSSR count). The fourth-order valence-corrected chi connectivity index (χ4v) is 0.869. The Hall–Kier alpha value is 0.0300. The summed E-state index contributed by atoms with van der Waals surface area (Å²) in [5, 5.41) is 0. The van der Waals surface area contributed by atoms with Crippen molar-refractivity contribution in [1.29, 1.82) is 0 Å². The van der Waals surface area contributed by atoms with E-state index >= 15 is 0 Å². The number of hydrogen-bond donors (Lipinski definition) is 0. The van der Waals surface area contributed by atoms with Gasteiger partial charge in [-0.2, -0.15) is 0 Å². The fraction of sp³-hybridized carbons (Fsp3) is 0.714. The smallest absolute Gasteiger partial charge is 0.000524 e. The molecule has 0 amide bonds. The van der Waals surface area contributed by atoms with Gasteiger partial charge in [-0.3, -0.25) is 0 Å². The van der Waals surface area contributed by atoms with Gasteiger partial charge >= 0.3 is 0 Å². The van der Waals surface area contributed by atoms with Gasteiger partial charge in [-0.05, 0) is 18.8 Å². The Balaban J connectivity index is 3.36. The normalized spacial score (nSPS) is 11.5. The second-order valence-electron chi connectivity index (χ2n) is 1.90. The Labute approximate surface area is 56.5 Å². The largest absolute Gasteiger partial charge is 0.0933 e. The highest BCUT2D eigenvalue weighted by molar-refractivity contribution is 6.25. The topological polar surface area (TPSA) is 0 Å². The molecule has 0 nitrogen and oxygen atoms in total. The van der Waals surface area contributed by atoms with E-state index < -0.39 is 0 Å². The van der Waals surface area contributed by atoms with Crippen LogP contribution in [0.25, 0.3) is 0 Å². The number of allylic oxidation sites excluding steroid dienone is 1. The zero-order valence-corrected chi connectivity index (χ0v) is 6.28. The van der Waals surface area contributed by atoms with Crippen LogP contribution >= 0.6 is 11.6 Å². The van der Waals surface area contributed by atoms with E-state index in [2.05, 4.69) is 13.8 Å². The maximum absolute atomic E-state index is 5.37. The van der Waals surface area contributed by atoms with Crippen LogP contribution < -0.4 is 0 Å². The highest BCUT2D eigenvalue weighted by Crippen LogP contribution is 2.08. The Kier molecular flexibility index (Phi) is 5.19. The van der Waals surface area contributed by atoms with E-state index in [0.29, 0.717) is 5.92 Å². The number of halogens is 1. The molecule has 0 saturated carbocycles. The molecule has 0 N–H and O–H groups in total. The average Bonchev–Trinajstić information content (AvgIpc) is 1.83. The minimum absolute atomic E-state index is 0.687. The first-order valence-electron chi connectivity index (χ1n) is 3.12. The zero-order valence-electron chi connectivity index (χ0n) is 5.52. The Bertz CT molecular complexity index is 62.8. The summed E-state index contributed by atoms with van der Waals surface area (Å²) in [6.45, 7) is 4.34. The van der Waals surface area contributed by atoms with E-state index in [1.54, 1.807) is 5.54 Å². The van der Waals surface area contributed by atoms with Gasteiger partial charge in [0.2, 0.25) is 0 Å². The molecule has 0 unspecified atom stereocenters. The molecule has 0 spiro atoms. The van der Waals surface area contributed by atoms with Crippen molar-refractivity contribution >= 4 is 11.6 Å². The molecule has 0 fully saturated rings. The zero-order chi connectivity index (χ0) is 6.41. The summed E-state index contributed by atoms with van der Waals surface area (Å²) < 4.78 is 0. The summed E-state index contributed by atoms with van der Waals surface area (Å²) in [7, 11) is 0. The lowest BCUT2D eigenvalue weighted by Gasteiger charge is -2.02. The minimum Gasteiger partial charge on any atom is -0.0933 e. The van der Waals surface area contributed by atoms with Gasteiger partial charge in [0.25, 0.3) is 0 Å². The fourth-order valence-electron chi connectivity index (χ4n) is 0.664. The molecule has 0 heterocycles. The summed E-state index contributed by atoms with van der Waals surface area (Å²) in [4.78, 5) is 0. The molecule has 0 aromatic rings. The first-order valence-corrected chi connectivity index (χ1v) is 3.55. The van der Waals surface area contributed by atoms with Crippen molar-refractivity contribution in [2.75, 3.05) is 0 Å². The van der Waals surface area contributed by atoms with Crippen molar-refractivity contribution < 1.29 is 0 Å². The molecule has 0 atom stereocenters. The van der Waals surface area contributed by atoms with Gasteiger partial charge in [-0.1, -0.05) is 31.5 Å². The van der Waals surface area contributed by atoms with Crippen LogP contribution in [0.4, 0.5) is 0 Å². The lowest BCUT2D eigenvalue weighted by molar-refractivity contribution is 0.607. The number of rotatable bonds is 3. The lowest BCUT2D eigenvalue weighted by atomic mass is 10.0. The molecule has 1 heteroatoms. The molecular formula is C7H13Cl. The van der Waals surface area contributed by atoms with Crippen molar-refractivity contribution in [1.82, 2.24) is 0 Å². The molecule has 0 aromatic carbocycles. The first-order chi connectivity index (χ1) is 3.85. The van der Waals surface area contributed by atoms with Gasteiger partial charge in [0.05, 0.1) is 0 Å². The van der Waals surface area contributed by atoms with Crippen LogP contribution in [-0.4, -0.2) is 0 Å². The van der Waals surface area contributed by atoms with E-state index in [0.717, 1.165) is 0 Å². The van der Waals surface area contributed by atoms with Crippen molar-refractivity contribution in [2.45, 2.75) is 26.7 Å². The molecule has 8 heavy (non-hydrogen) atoms. The molecule has 0 aromatic heterocycles. The highest BCUT2D eigenvalue weighted by atomic mass is 35.5. The van der Waals surface area contributed by atoms with Gasteiger partial charge in [-0.15, -0.1) is 0 Å². The third-order valence-electron chi connectivity index (χ3n) is 1.39. The minimum atomic E-state index is 0.687. The summed E-state index contributed by atoms with van der Waals surface area (Å²) >= 11 is 5.37. The predicted octanol–water partition coefficient (Wildman–Crippen LogP) is 3.18. The van der Waals surface area contributed by atoms with Crippen LogP contribution in [0.15, 0.2) is 11.6 Å². The lowest BCUT2D eigenvalue weighted by Crippen LogP contribution is -1.88. The monoisotopic (exact) mass is 132 g/mol. The van der Waals surface area contributed by atoms with Gasteiger partial charge in [0, 0.05) is 5.54 Å². The van der Waals surface area contributed by atoms with E-state index in [9.17, 15) is 0 Å². The van der Waals surface area contributed by atoms with Crippen LogP contribution in [0.3, 0.4) is 0 Å². The summed E-state index contributed by atoms with van der Waals surface area (Å²) in [5.41, 5.74) is 1.61. The summed E-state index contributed by atoms with van der Waals surface area (Å²) in [6.07, 6.45) is 4.43. The third kappa shape index (κ3) is 3.09. The maximum atomic E-state index is 5.37. The molecule has 0 radical (unpaired) electrons. The van der Waals surface area contributed by atoms with Gasteiger partial charge in [0.15, 0.2) is 0 Å².